The summed E-state index contributed by atoms with van der Waals surface area (Å²) < 4.78 is 4.98. The Morgan fingerprint density at radius 3 is 2.52 bits per heavy atom. The number of esters is 1. The molecule has 7 heteroatoms. The lowest BCUT2D eigenvalue weighted by atomic mass is 10.2. The van der Waals surface area contributed by atoms with Crippen LogP contribution in [0.15, 0.2) is 42.7 Å². The van der Waals surface area contributed by atoms with Crippen molar-refractivity contribution in [2.45, 2.75) is 13.5 Å². The van der Waals surface area contributed by atoms with Crippen LogP contribution in [0.4, 0.5) is 5.82 Å². The highest BCUT2D eigenvalue weighted by Crippen LogP contribution is 2.07. The molecule has 1 heterocycles. The number of hydrogen-bond acceptors (Lipinski definition) is 6. The fourth-order valence-corrected chi connectivity index (χ4v) is 1.97. The van der Waals surface area contributed by atoms with Crippen molar-refractivity contribution in [3.63, 3.8) is 0 Å². The number of rotatable bonds is 6. The number of amides is 1. The first-order valence-electron chi connectivity index (χ1n) is 7.17. The molecule has 0 bridgehead atoms. The van der Waals surface area contributed by atoms with Gasteiger partial charge >= 0.3 is 5.97 Å². The highest BCUT2D eigenvalue weighted by atomic mass is 16.5. The van der Waals surface area contributed by atoms with Gasteiger partial charge in [0.2, 0.25) is 0 Å². The quantitative estimate of drug-likeness (QED) is 0.806. The molecule has 7 nitrogen and oxygen atoms in total. The number of carbonyl (C=O) groups excluding carboxylic acids is 2. The van der Waals surface area contributed by atoms with Crippen LogP contribution in [-0.2, 0) is 16.1 Å². The third-order valence-electron chi connectivity index (χ3n) is 3.20. The Morgan fingerprint density at radius 1 is 1.17 bits per heavy atom. The van der Waals surface area contributed by atoms with E-state index in [0.717, 1.165) is 5.56 Å². The lowest BCUT2D eigenvalue weighted by Gasteiger charge is -2.20. The molecule has 0 saturated carbocycles. The van der Waals surface area contributed by atoms with Crippen molar-refractivity contribution in [1.29, 1.82) is 0 Å². The summed E-state index contributed by atoms with van der Waals surface area (Å²) in [5.41, 5.74) is 6.46. The SMILES string of the molecule is CCN(Cc1ccccc1)C(=O)COC(=O)c1nccnc1N. The number of ether oxygens (including phenoxy) is 1. The summed E-state index contributed by atoms with van der Waals surface area (Å²) in [7, 11) is 0. The monoisotopic (exact) mass is 314 g/mol. The highest BCUT2D eigenvalue weighted by molar-refractivity contribution is 5.93. The second kappa shape index (κ2) is 7.88. The molecule has 2 N–H and O–H groups in total. The molecule has 0 saturated heterocycles. The van der Waals surface area contributed by atoms with Crippen molar-refractivity contribution >= 4 is 17.7 Å². The smallest absolute Gasteiger partial charge is 0.361 e. The third kappa shape index (κ3) is 4.50. The fraction of sp³-hybridized carbons (Fsp3) is 0.250. The minimum absolute atomic E-state index is 0.0263. The van der Waals surface area contributed by atoms with E-state index in [9.17, 15) is 9.59 Å². The van der Waals surface area contributed by atoms with E-state index >= 15 is 0 Å². The summed E-state index contributed by atoms with van der Waals surface area (Å²) in [5.74, 6) is -1.08. The molecule has 0 spiro atoms. The summed E-state index contributed by atoms with van der Waals surface area (Å²) >= 11 is 0. The summed E-state index contributed by atoms with van der Waals surface area (Å²) in [6.07, 6.45) is 2.71. The Morgan fingerprint density at radius 2 is 1.87 bits per heavy atom. The number of likely N-dealkylation sites (N-methyl/N-ethyl adjacent to an activating group) is 1. The predicted octanol–water partition coefficient (Wildman–Crippen LogP) is 1.26. The average Bonchev–Trinajstić information content (AvgIpc) is 2.58. The zero-order valence-electron chi connectivity index (χ0n) is 12.8. The second-order valence-electron chi connectivity index (χ2n) is 4.76. The minimum Gasteiger partial charge on any atom is -0.451 e. The molecule has 1 aromatic carbocycles. The van der Waals surface area contributed by atoms with E-state index in [-0.39, 0.29) is 24.0 Å². The van der Waals surface area contributed by atoms with E-state index in [2.05, 4.69) is 9.97 Å². The Kier molecular flexibility index (Phi) is 5.62. The largest absolute Gasteiger partial charge is 0.451 e. The Balaban J connectivity index is 1.92. The van der Waals surface area contributed by atoms with Crippen molar-refractivity contribution in [2.75, 3.05) is 18.9 Å². The van der Waals surface area contributed by atoms with Crippen LogP contribution in [0.1, 0.15) is 23.0 Å². The molecule has 0 atom stereocenters. The van der Waals surface area contributed by atoms with E-state index in [0.29, 0.717) is 13.1 Å². The number of nitrogen functional groups attached to an aromatic ring is 1. The first kappa shape index (κ1) is 16.4. The van der Waals surface area contributed by atoms with Crippen LogP contribution in [-0.4, -0.2) is 39.9 Å². The number of anilines is 1. The van der Waals surface area contributed by atoms with Gasteiger partial charge in [0, 0.05) is 25.5 Å². The maximum atomic E-state index is 12.2. The van der Waals surface area contributed by atoms with Gasteiger partial charge in [-0.2, -0.15) is 0 Å². The molecule has 0 aliphatic heterocycles. The normalized spacial score (nSPS) is 10.1. The number of carbonyl (C=O) groups is 2. The Labute approximate surface area is 134 Å². The van der Waals surface area contributed by atoms with Gasteiger partial charge < -0.3 is 15.4 Å². The van der Waals surface area contributed by atoms with Gasteiger partial charge in [-0.3, -0.25) is 4.79 Å². The molecule has 1 amide bonds. The predicted molar refractivity (Wildman–Crippen MR) is 84.3 cm³/mol. The molecule has 0 unspecified atom stereocenters. The molecule has 2 aromatic rings. The van der Waals surface area contributed by atoms with Crippen molar-refractivity contribution in [3.05, 3.63) is 54.0 Å². The molecule has 23 heavy (non-hydrogen) atoms. The summed E-state index contributed by atoms with van der Waals surface area (Å²) in [6.45, 7) is 2.47. The van der Waals surface area contributed by atoms with Crippen LogP contribution in [0, 0.1) is 0 Å². The number of aromatic nitrogens is 2. The van der Waals surface area contributed by atoms with Gasteiger partial charge in [-0.25, -0.2) is 14.8 Å². The fourth-order valence-electron chi connectivity index (χ4n) is 1.97. The third-order valence-corrected chi connectivity index (χ3v) is 3.20. The second-order valence-corrected chi connectivity index (χ2v) is 4.76. The van der Waals surface area contributed by atoms with Crippen molar-refractivity contribution in [2.24, 2.45) is 0 Å². The molecule has 0 aliphatic carbocycles. The van der Waals surface area contributed by atoms with E-state index < -0.39 is 5.97 Å². The first-order valence-corrected chi connectivity index (χ1v) is 7.17. The molecule has 2 rings (SSSR count). The summed E-state index contributed by atoms with van der Waals surface area (Å²) in [4.78, 5) is 33.2. The van der Waals surface area contributed by atoms with Crippen LogP contribution < -0.4 is 5.73 Å². The number of nitrogens with zero attached hydrogens (tertiary/aromatic N) is 3. The van der Waals surface area contributed by atoms with E-state index in [4.69, 9.17) is 10.5 Å². The topological polar surface area (TPSA) is 98.4 Å². The molecule has 120 valence electrons. The first-order chi connectivity index (χ1) is 11.1. The number of hydrogen-bond donors (Lipinski definition) is 1. The van der Waals surface area contributed by atoms with Gasteiger partial charge in [-0.1, -0.05) is 30.3 Å². The van der Waals surface area contributed by atoms with E-state index in [1.165, 1.54) is 12.4 Å². The Hall–Kier alpha value is -2.96. The van der Waals surface area contributed by atoms with Gasteiger partial charge in [-0.05, 0) is 12.5 Å². The van der Waals surface area contributed by atoms with Crippen molar-refractivity contribution in [1.82, 2.24) is 14.9 Å². The van der Waals surface area contributed by atoms with Crippen LogP contribution in [0.5, 0.6) is 0 Å². The lowest BCUT2D eigenvalue weighted by Crippen LogP contribution is -2.34. The van der Waals surface area contributed by atoms with Crippen LogP contribution in [0.25, 0.3) is 0 Å². The highest BCUT2D eigenvalue weighted by Gasteiger charge is 2.18. The molecular weight excluding hydrogens is 296 g/mol. The number of benzene rings is 1. The lowest BCUT2D eigenvalue weighted by molar-refractivity contribution is -0.134. The summed E-state index contributed by atoms with van der Waals surface area (Å²) in [6, 6.07) is 9.59. The maximum absolute atomic E-state index is 12.2. The molecular formula is C16H18N4O3. The van der Waals surface area contributed by atoms with Crippen molar-refractivity contribution in [3.8, 4) is 0 Å². The molecule has 1 aromatic heterocycles. The maximum Gasteiger partial charge on any atom is 0.361 e. The van der Waals surface area contributed by atoms with Crippen LogP contribution >= 0.6 is 0 Å². The zero-order chi connectivity index (χ0) is 16.7. The van der Waals surface area contributed by atoms with Crippen LogP contribution in [0.3, 0.4) is 0 Å². The van der Waals surface area contributed by atoms with Gasteiger partial charge in [0.05, 0.1) is 0 Å². The van der Waals surface area contributed by atoms with E-state index in [1.807, 2.05) is 37.3 Å². The van der Waals surface area contributed by atoms with Gasteiger partial charge in [-0.15, -0.1) is 0 Å². The van der Waals surface area contributed by atoms with Gasteiger partial charge in [0.25, 0.3) is 5.91 Å². The van der Waals surface area contributed by atoms with Crippen LogP contribution in [0.2, 0.25) is 0 Å². The standard InChI is InChI=1S/C16H18N4O3/c1-2-20(10-12-6-4-3-5-7-12)13(21)11-23-16(22)14-15(17)19-9-8-18-14/h3-9H,2,10-11H2,1H3,(H2,17,19). The van der Waals surface area contributed by atoms with Gasteiger partial charge in [0.15, 0.2) is 18.1 Å². The Bertz CT molecular complexity index is 676. The molecule has 0 fully saturated rings. The van der Waals surface area contributed by atoms with E-state index in [1.54, 1.807) is 4.90 Å². The molecule has 0 aliphatic rings. The molecule has 0 radical (unpaired) electrons. The van der Waals surface area contributed by atoms with Crippen molar-refractivity contribution < 1.29 is 14.3 Å². The van der Waals surface area contributed by atoms with Gasteiger partial charge in [0.1, 0.15) is 0 Å². The number of nitrogens with two attached hydrogens (primary N) is 1. The zero-order valence-corrected chi connectivity index (χ0v) is 12.8. The average molecular weight is 314 g/mol. The summed E-state index contributed by atoms with van der Waals surface area (Å²) in [5, 5.41) is 0. The minimum atomic E-state index is -0.764.